The van der Waals surface area contributed by atoms with E-state index in [1.54, 1.807) is 7.11 Å². The van der Waals surface area contributed by atoms with Gasteiger partial charge in [0.05, 0.1) is 13.7 Å². The van der Waals surface area contributed by atoms with Crippen molar-refractivity contribution < 1.29 is 9.47 Å². The van der Waals surface area contributed by atoms with Crippen LogP contribution in [0.4, 0.5) is 0 Å². The van der Waals surface area contributed by atoms with Crippen LogP contribution in [-0.4, -0.2) is 13.7 Å². The van der Waals surface area contributed by atoms with Crippen molar-refractivity contribution in [3.05, 3.63) is 108 Å². The van der Waals surface area contributed by atoms with Gasteiger partial charge in [-0.15, -0.1) is 0 Å². The summed E-state index contributed by atoms with van der Waals surface area (Å²) in [5.41, 5.74) is 6.81. The first kappa shape index (κ1) is 21.7. The zero-order valence-corrected chi connectivity index (χ0v) is 19.3. The Labute approximate surface area is 191 Å². The van der Waals surface area contributed by atoms with Gasteiger partial charge in [0.2, 0.25) is 0 Å². The molecule has 0 aliphatic carbocycles. The quantitative estimate of drug-likeness (QED) is 0.303. The molecule has 0 fully saturated rings. The summed E-state index contributed by atoms with van der Waals surface area (Å²) in [7, 11) is 1.73. The Kier molecular flexibility index (Phi) is 6.32. The van der Waals surface area contributed by atoms with Crippen LogP contribution >= 0.6 is 0 Å². The minimum Gasteiger partial charge on any atom is -0.496 e. The second-order valence-corrected chi connectivity index (χ2v) is 8.42. The SMILES string of the molecule is CCOc1ccc(C(C)(C)c2ccc(OC)c(-c3ccccc3)c2)cc1-c1ccccc1. The predicted molar refractivity (Wildman–Crippen MR) is 134 cm³/mol. The molecule has 0 N–H and O–H groups in total. The molecule has 0 heterocycles. The highest BCUT2D eigenvalue weighted by Gasteiger charge is 2.26. The first-order valence-electron chi connectivity index (χ1n) is 11.1. The molecule has 2 heteroatoms. The molecule has 4 rings (SSSR count). The van der Waals surface area contributed by atoms with E-state index in [1.165, 1.54) is 11.1 Å². The molecule has 0 radical (unpaired) electrons. The van der Waals surface area contributed by atoms with Gasteiger partial charge in [-0.25, -0.2) is 0 Å². The molecule has 2 nitrogen and oxygen atoms in total. The van der Waals surface area contributed by atoms with Crippen LogP contribution < -0.4 is 9.47 Å². The van der Waals surface area contributed by atoms with Gasteiger partial charge in [-0.2, -0.15) is 0 Å². The Morgan fingerprint density at radius 1 is 0.625 bits per heavy atom. The second-order valence-electron chi connectivity index (χ2n) is 8.42. The Balaban J connectivity index is 1.82. The number of hydrogen-bond donors (Lipinski definition) is 0. The molecular weight excluding hydrogens is 392 g/mol. The maximum Gasteiger partial charge on any atom is 0.127 e. The molecule has 162 valence electrons. The summed E-state index contributed by atoms with van der Waals surface area (Å²) >= 11 is 0. The third-order valence-electron chi connectivity index (χ3n) is 6.09. The number of ether oxygens (including phenoxy) is 2. The second kappa shape index (κ2) is 9.32. The minimum atomic E-state index is -0.204. The molecule has 0 atom stereocenters. The van der Waals surface area contributed by atoms with Crippen LogP contribution in [-0.2, 0) is 5.41 Å². The van der Waals surface area contributed by atoms with E-state index in [9.17, 15) is 0 Å². The van der Waals surface area contributed by atoms with Gasteiger partial charge in [-0.3, -0.25) is 0 Å². The van der Waals surface area contributed by atoms with Crippen molar-refractivity contribution in [2.24, 2.45) is 0 Å². The summed E-state index contributed by atoms with van der Waals surface area (Å²) in [6, 6.07) is 33.9. The van der Waals surface area contributed by atoms with Gasteiger partial charge in [0.25, 0.3) is 0 Å². The number of benzene rings is 4. The Morgan fingerprint density at radius 2 is 1.09 bits per heavy atom. The van der Waals surface area contributed by atoms with E-state index in [0.717, 1.165) is 33.8 Å². The van der Waals surface area contributed by atoms with Crippen LogP contribution in [0.2, 0.25) is 0 Å². The minimum absolute atomic E-state index is 0.204. The molecule has 32 heavy (non-hydrogen) atoms. The highest BCUT2D eigenvalue weighted by Crippen LogP contribution is 2.40. The molecule has 0 saturated heterocycles. The number of hydrogen-bond acceptors (Lipinski definition) is 2. The Bertz CT molecular complexity index is 1180. The summed E-state index contributed by atoms with van der Waals surface area (Å²) in [5.74, 6) is 1.80. The third kappa shape index (κ3) is 4.27. The lowest BCUT2D eigenvalue weighted by Gasteiger charge is -2.28. The molecule has 0 aliphatic heterocycles. The van der Waals surface area contributed by atoms with Gasteiger partial charge >= 0.3 is 0 Å². The van der Waals surface area contributed by atoms with Crippen molar-refractivity contribution in [2.45, 2.75) is 26.2 Å². The van der Waals surface area contributed by atoms with Crippen LogP contribution in [0.3, 0.4) is 0 Å². The molecule has 0 spiro atoms. The van der Waals surface area contributed by atoms with Crippen molar-refractivity contribution in [3.8, 4) is 33.8 Å². The van der Waals surface area contributed by atoms with E-state index < -0.39 is 0 Å². The molecule has 4 aromatic rings. The first-order chi connectivity index (χ1) is 15.5. The average Bonchev–Trinajstić information content (AvgIpc) is 2.85. The summed E-state index contributed by atoms with van der Waals surface area (Å²) in [5, 5.41) is 0. The maximum absolute atomic E-state index is 5.96. The number of rotatable bonds is 7. The topological polar surface area (TPSA) is 18.5 Å². The van der Waals surface area contributed by atoms with Gasteiger partial charge in [-0.05, 0) is 53.4 Å². The van der Waals surface area contributed by atoms with Crippen LogP contribution in [0.25, 0.3) is 22.3 Å². The van der Waals surface area contributed by atoms with E-state index in [2.05, 4.69) is 98.8 Å². The fourth-order valence-corrected chi connectivity index (χ4v) is 4.15. The zero-order chi connectivity index (χ0) is 22.6. The fourth-order valence-electron chi connectivity index (χ4n) is 4.15. The van der Waals surface area contributed by atoms with Crippen LogP contribution in [0.5, 0.6) is 11.5 Å². The molecule has 0 saturated carbocycles. The lowest BCUT2D eigenvalue weighted by atomic mass is 9.76. The Hall–Kier alpha value is -3.52. The summed E-state index contributed by atoms with van der Waals surface area (Å²) < 4.78 is 11.6. The van der Waals surface area contributed by atoms with E-state index in [0.29, 0.717) is 6.61 Å². The third-order valence-corrected chi connectivity index (χ3v) is 6.09. The molecule has 0 unspecified atom stereocenters. The highest BCUT2D eigenvalue weighted by atomic mass is 16.5. The average molecular weight is 423 g/mol. The fraction of sp³-hybridized carbons (Fsp3) is 0.200. The van der Waals surface area contributed by atoms with Crippen LogP contribution in [0.15, 0.2) is 97.1 Å². The van der Waals surface area contributed by atoms with Gasteiger partial charge < -0.3 is 9.47 Å². The molecule has 0 aliphatic rings. The van der Waals surface area contributed by atoms with Gasteiger partial charge in [0, 0.05) is 16.5 Å². The maximum atomic E-state index is 5.96. The van der Waals surface area contributed by atoms with Crippen molar-refractivity contribution in [2.75, 3.05) is 13.7 Å². The first-order valence-corrected chi connectivity index (χ1v) is 11.1. The van der Waals surface area contributed by atoms with Crippen molar-refractivity contribution in [3.63, 3.8) is 0 Å². The number of methoxy groups -OCH3 is 1. The lowest BCUT2D eigenvalue weighted by Crippen LogP contribution is -2.19. The molecule has 0 aromatic heterocycles. The van der Waals surface area contributed by atoms with E-state index in [-0.39, 0.29) is 5.41 Å². The zero-order valence-electron chi connectivity index (χ0n) is 19.3. The van der Waals surface area contributed by atoms with E-state index in [4.69, 9.17) is 9.47 Å². The lowest BCUT2D eigenvalue weighted by molar-refractivity contribution is 0.341. The summed E-state index contributed by atoms with van der Waals surface area (Å²) in [6.07, 6.45) is 0. The smallest absolute Gasteiger partial charge is 0.127 e. The largest absolute Gasteiger partial charge is 0.496 e. The van der Waals surface area contributed by atoms with Crippen molar-refractivity contribution >= 4 is 0 Å². The molecule has 4 aromatic carbocycles. The van der Waals surface area contributed by atoms with Gasteiger partial charge in [0.1, 0.15) is 11.5 Å². The predicted octanol–water partition coefficient (Wildman–Crippen LogP) is 7.75. The molecular formula is C30H30O2. The normalized spacial score (nSPS) is 11.2. The molecule has 0 amide bonds. The van der Waals surface area contributed by atoms with E-state index >= 15 is 0 Å². The monoisotopic (exact) mass is 422 g/mol. The van der Waals surface area contributed by atoms with Gasteiger partial charge in [0.15, 0.2) is 0 Å². The van der Waals surface area contributed by atoms with Crippen molar-refractivity contribution in [1.82, 2.24) is 0 Å². The standard InChI is InChI=1S/C30H30O2/c1-5-32-29-19-17-25(21-27(29)23-14-10-7-11-15-23)30(2,3)24-16-18-28(31-4)26(20-24)22-12-8-6-9-13-22/h6-21H,5H2,1-4H3. The van der Waals surface area contributed by atoms with Crippen LogP contribution in [0.1, 0.15) is 31.9 Å². The highest BCUT2D eigenvalue weighted by molar-refractivity contribution is 5.74. The van der Waals surface area contributed by atoms with E-state index in [1.807, 2.05) is 19.1 Å². The Morgan fingerprint density at radius 3 is 1.56 bits per heavy atom. The summed E-state index contributed by atoms with van der Waals surface area (Å²) in [6.45, 7) is 7.21. The van der Waals surface area contributed by atoms with Crippen LogP contribution in [0, 0.1) is 0 Å². The van der Waals surface area contributed by atoms with Crippen molar-refractivity contribution in [1.29, 1.82) is 0 Å². The van der Waals surface area contributed by atoms with Gasteiger partial charge in [-0.1, -0.05) is 86.6 Å². The summed E-state index contributed by atoms with van der Waals surface area (Å²) in [4.78, 5) is 0. The molecule has 0 bridgehead atoms.